The van der Waals surface area contributed by atoms with Crippen molar-refractivity contribution in [1.82, 2.24) is 0 Å². The van der Waals surface area contributed by atoms with Gasteiger partial charge in [0.1, 0.15) is 11.5 Å². The molecule has 6 aromatic carbocycles. The number of aliphatic hydroxyl groups excluding tert-OH is 2. The van der Waals surface area contributed by atoms with Crippen LogP contribution in [0.1, 0.15) is 145 Å². The third-order valence-electron chi connectivity index (χ3n) is 21.1. The molecule has 10 atom stereocenters. The van der Waals surface area contributed by atoms with Gasteiger partial charge in [0, 0.05) is 18.8 Å². The highest BCUT2D eigenvalue weighted by atomic mass is 28.4. The van der Waals surface area contributed by atoms with Gasteiger partial charge in [0.25, 0.3) is 16.6 Å². The Kier molecular flexibility index (Phi) is 23.4. The Hall–Kier alpha value is -4.63. The standard InChI is InChI=1S/C41H60O3Si2.C34H44O4Si.2CH4/c1-30(29-43-45(9,10)40(2,3)4)24-25-35-36-26-31-18-17-23-38(42-8)37(31)27-32(36)28-39(35)44-46(41(5,6)7,33-19-13-11-14-20-33)34-21-15-12-16-22-34;1-34(2,3)39(27-13-7-5-8-14-27,28-15-9-6-10-16-28)38-33-22-25-21-31-24(12-11-17-32(31)37-4)20-30(25)29(33)19-18-26(36)23-35;;/h11-23,30,32,35-36,39H,24-29H2,1-10H3;5-17,25-26,29-30,33,35-36H,18-23H2,1-4H3;2*1H4/t30-,32+,35-,36+,39-;25-,26+,29+,30-,33+;;/m10../s1. The molecule has 0 unspecified atom stereocenters. The minimum absolute atomic E-state index is 0. The van der Waals surface area contributed by atoms with E-state index in [1.807, 2.05) is 7.11 Å². The molecular weight excluding hydrogens is 1120 g/mol. The average molecular weight is 1230 g/mol. The van der Waals surface area contributed by atoms with E-state index in [1.165, 1.54) is 55.8 Å². The number of ether oxygens (including phenoxy) is 2. The summed E-state index contributed by atoms with van der Waals surface area (Å²) < 4.78 is 34.1. The van der Waals surface area contributed by atoms with Crippen molar-refractivity contribution >= 4 is 45.7 Å². The summed E-state index contributed by atoms with van der Waals surface area (Å²) in [6, 6.07) is 57.3. The number of methoxy groups -OCH3 is 2. The normalized spacial score (nSPS) is 22.6. The fourth-order valence-electron chi connectivity index (χ4n) is 15.6. The molecule has 10 rings (SSSR count). The fourth-order valence-corrected chi connectivity index (χ4v) is 26.3. The number of benzene rings is 6. The molecule has 2 saturated carbocycles. The minimum Gasteiger partial charge on any atom is -0.496 e. The van der Waals surface area contributed by atoms with E-state index in [4.69, 9.17) is 22.8 Å². The summed E-state index contributed by atoms with van der Waals surface area (Å²) in [5, 5.41) is 25.4. The first kappa shape index (κ1) is 69.8. The molecular formula is C77H112O7Si3. The van der Waals surface area contributed by atoms with E-state index in [1.54, 1.807) is 7.11 Å². The Balaban J connectivity index is 0.000000246. The molecule has 474 valence electrons. The molecule has 0 heterocycles. The highest BCUT2D eigenvalue weighted by Crippen LogP contribution is 2.54. The van der Waals surface area contributed by atoms with Crippen molar-refractivity contribution in [3.8, 4) is 11.5 Å². The number of hydrogen-bond donors (Lipinski definition) is 2. The summed E-state index contributed by atoms with van der Waals surface area (Å²) in [6.45, 7) is 29.1. The summed E-state index contributed by atoms with van der Waals surface area (Å²) in [5.41, 5.74) is 5.63. The van der Waals surface area contributed by atoms with Crippen LogP contribution in [0.15, 0.2) is 158 Å². The molecule has 0 amide bonds. The molecule has 7 nitrogen and oxygen atoms in total. The van der Waals surface area contributed by atoms with Crippen LogP contribution < -0.4 is 30.2 Å². The van der Waals surface area contributed by atoms with Gasteiger partial charge in [0.05, 0.1) is 26.9 Å². The van der Waals surface area contributed by atoms with E-state index in [0.717, 1.165) is 63.1 Å². The first-order chi connectivity index (χ1) is 40.5. The number of rotatable bonds is 20. The lowest BCUT2D eigenvalue weighted by atomic mass is 9.73. The van der Waals surface area contributed by atoms with E-state index in [0.29, 0.717) is 47.8 Å². The van der Waals surface area contributed by atoms with Gasteiger partial charge in [-0.15, -0.1) is 0 Å². The second-order valence-corrected chi connectivity index (χ2v) is 42.8. The molecule has 10 heteroatoms. The van der Waals surface area contributed by atoms with E-state index >= 15 is 0 Å². The second kappa shape index (κ2) is 29.1. The zero-order valence-corrected chi connectivity index (χ0v) is 57.2. The average Bonchev–Trinajstić information content (AvgIpc) is 1.80. The molecule has 0 aromatic heterocycles. The lowest BCUT2D eigenvalue weighted by Crippen LogP contribution is -2.68. The monoisotopic (exact) mass is 1230 g/mol. The van der Waals surface area contributed by atoms with Crippen LogP contribution in [0, 0.1) is 41.4 Å². The van der Waals surface area contributed by atoms with Crippen molar-refractivity contribution in [3.05, 3.63) is 180 Å². The van der Waals surface area contributed by atoms with Crippen molar-refractivity contribution < 1.29 is 33.0 Å². The highest BCUT2D eigenvalue weighted by molar-refractivity contribution is 7.00. The van der Waals surface area contributed by atoms with E-state index in [2.05, 4.69) is 240 Å². The number of fused-ring (bicyclic) bond motifs is 4. The van der Waals surface area contributed by atoms with Crippen molar-refractivity contribution in [1.29, 1.82) is 0 Å². The van der Waals surface area contributed by atoms with Gasteiger partial charge in [0.15, 0.2) is 8.32 Å². The zero-order chi connectivity index (χ0) is 61.0. The van der Waals surface area contributed by atoms with Crippen LogP contribution in [-0.2, 0) is 39.0 Å². The van der Waals surface area contributed by atoms with Gasteiger partial charge < -0.3 is 33.0 Å². The summed E-state index contributed by atoms with van der Waals surface area (Å²) in [4.78, 5) is 0. The van der Waals surface area contributed by atoms with Crippen LogP contribution in [0.25, 0.3) is 0 Å². The van der Waals surface area contributed by atoms with E-state index in [-0.39, 0.29) is 48.8 Å². The molecule has 4 aliphatic carbocycles. The summed E-state index contributed by atoms with van der Waals surface area (Å²) in [5.74, 6) is 5.63. The molecule has 0 saturated heterocycles. The SMILES string of the molecule is C.C.COc1cccc2c1C[C@H]1C[C@@H](O[Si](c3ccccc3)(c3ccccc3)C(C)(C)C)[C@H](CC[C@@H](C)CO[Si](C)(C)C(C)(C)C)[C@H]1C2.COc1cccc2c1C[C@H]1C[C@@H](O[Si](c3ccccc3)(c3ccccc3)C(C)(C)C)[C@H](CC[C@@H](O)CO)[C@H]1C2. The quantitative estimate of drug-likeness (QED) is 0.0737. The molecule has 87 heavy (non-hydrogen) atoms. The number of hydrogen-bond acceptors (Lipinski definition) is 7. The lowest BCUT2D eigenvalue weighted by Gasteiger charge is -2.46. The van der Waals surface area contributed by atoms with Crippen LogP contribution in [0.2, 0.25) is 28.2 Å². The van der Waals surface area contributed by atoms with Gasteiger partial charge in [0.2, 0.25) is 0 Å². The Bertz CT molecular complexity index is 2980. The van der Waals surface area contributed by atoms with Gasteiger partial charge in [-0.05, 0) is 189 Å². The van der Waals surface area contributed by atoms with Crippen molar-refractivity contribution in [2.24, 2.45) is 41.4 Å². The first-order valence-electron chi connectivity index (χ1n) is 32.3. The minimum atomic E-state index is -2.72. The third kappa shape index (κ3) is 14.8. The molecule has 6 aromatic rings. The Morgan fingerprint density at radius 3 is 1.16 bits per heavy atom. The maximum atomic E-state index is 10.3. The summed E-state index contributed by atoms with van der Waals surface area (Å²) >= 11 is 0. The van der Waals surface area contributed by atoms with Crippen molar-refractivity contribution in [2.75, 3.05) is 27.4 Å². The molecule has 0 radical (unpaired) electrons. The van der Waals surface area contributed by atoms with E-state index < -0.39 is 31.1 Å². The van der Waals surface area contributed by atoms with Crippen LogP contribution in [-0.4, -0.2) is 80.9 Å². The van der Waals surface area contributed by atoms with Gasteiger partial charge in [-0.3, -0.25) is 0 Å². The maximum Gasteiger partial charge on any atom is 0.261 e. The Morgan fingerprint density at radius 2 is 0.839 bits per heavy atom. The van der Waals surface area contributed by atoms with Gasteiger partial charge >= 0.3 is 0 Å². The molecule has 4 aliphatic rings. The number of aliphatic hydroxyl groups is 2. The zero-order valence-electron chi connectivity index (χ0n) is 54.2. The maximum absolute atomic E-state index is 10.3. The van der Waals surface area contributed by atoms with E-state index in [9.17, 15) is 10.2 Å². The lowest BCUT2D eigenvalue weighted by molar-refractivity contribution is 0.0653. The Morgan fingerprint density at radius 1 is 0.483 bits per heavy atom. The van der Waals surface area contributed by atoms with Crippen LogP contribution >= 0.6 is 0 Å². The van der Waals surface area contributed by atoms with Crippen molar-refractivity contribution in [3.63, 3.8) is 0 Å². The van der Waals surface area contributed by atoms with Gasteiger partial charge in [-0.25, -0.2) is 0 Å². The van der Waals surface area contributed by atoms with Crippen LogP contribution in [0.4, 0.5) is 0 Å². The molecule has 2 N–H and O–H groups in total. The summed E-state index contributed by atoms with van der Waals surface area (Å²) in [6.07, 6.45) is 9.77. The molecule has 0 aliphatic heterocycles. The van der Waals surface area contributed by atoms with Gasteiger partial charge in [-0.2, -0.15) is 0 Å². The topological polar surface area (TPSA) is 86.6 Å². The predicted molar refractivity (Wildman–Crippen MR) is 373 cm³/mol. The second-order valence-electron chi connectivity index (χ2n) is 29.5. The molecule has 0 spiro atoms. The summed E-state index contributed by atoms with van der Waals surface area (Å²) in [7, 11) is -3.59. The van der Waals surface area contributed by atoms with Crippen LogP contribution in [0.3, 0.4) is 0 Å². The smallest absolute Gasteiger partial charge is 0.261 e. The Labute approximate surface area is 530 Å². The molecule has 0 bridgehead atoms. The van der Waals surface area contributed by atoms with Crippen LogP contribution in [0.5, 0.6) is 11.5 Å². The first-order valence-corrected chi connectivity index (χ1v) is 39.0. The predicted octanol–water partition coefficient (Wildman–Crippen LogP) is 15.8. The van der Waals surface area contributed by atoms with Gasteiger partial charge in [-0.1, -0.05) is 230 Å². The largest absolute Gasteiger partial charge is 0.496 e. The fraction of sp³-hybridized carbons (Fsp3) is 0.532. The third-order valence-corrected chi connectivity index (χ3v) is 35.8. The highest BCUT2D eigenvalue weighted by Gasteiger charge is 2.57. The molecule has 2 fully saturated rings. The van der Waals surface area contributed by atoms with Crippen molar-refractivity contribution in [2.45, 2.75) is 195 Å².